The van der Waals surface area contributed by atoms with Gasteiger partial charge in [0.1, 0.15) is 0 Å². The minimum atomic E-state index is 0.102. The lowest BCUT2D eigenvalue weighted by Gasteiger charge is -2.33. The van der Waals surface area contributed by atoms with Gasteiger partial charge in [0.25, 0.3) is 0 Å². The molecule has 2 unspecified atom stereocenters. The molecule has 2 atom stereocenters. The van der Waals surface area contributed by atoms with Crippen molar-refractivity contribution in [2.45, 2.75) is 25.1 Å². The van der Waals surface area contributed by atoms with E-state index in [1.54, 1.807) is 11.8 Å². The Balaban J connectivity index is 2.46. The summed E-state index contributed by atoms with van der Waals surface area (Å²) in [5.74, 6) is 0.279. The maximum atomic E-state index is 11.8. The Morgan fingerprint density at radius 1 is 1.69 bits per heavy atom. The largest absolute Gasteiger partial charge is 0.339 e. The van der Waals surface area contributed by atoms with Crippen molar-refractivity contribution in [2.75, 3.05) is 25.9 Å². The maximum Gasteiger partial charge on any atom is 0.235 e. The quantitative estimate of drug-likeness (QED) is 0.710. The topological polar surface area (TPSA) is 32.3 Å². The average Bonchev–Trinajstić information content (AvgIpc) is 2.15. The number of thioether (sulfide) groups is 1. The van der Waals surface area contributed by atoms with Crippen LogP contribution in [0.3, 0.4) is 0 Å². The van der Waals surface area contributed by atoms with Gasteiger partial charge in [-0.1, -0.05) is 0 Å². The van der Waals surface area contributed by atoms with Gasteiger partial charge in [0.15, 0.2) is 0 Å². The zero-order valence-electron chi connectivity index (χ0n) is 8.54. The molecule has 0 saturated carbocycles. The fourth-order valence-electron chi connectivity index (χ4n) is 1.49. The lowest BCUT2D eigenvalue weighted by Crippen LogP contribution is -2.53. The fourth-order valence-corrected chi connectivity index (χ4v) is 1.84. The third-order valence-electron chi connectivity index (χ3n) is 2.38. The first-order chi connectivity index (χ1) is 6.15. The lowest BCUT2D eigenvalue weighted by molar-refractivity contribution is -0.131. The summed E-state index contributed by atoms with van der Waals surface area (Å²) in [6.07, 6.45) is 1.98. The van der Waals surface area contributed by atoms with E-state index in [9.17, 15) is 4.79 Å². The van der Waals surface area contributed by atoms with Gasteiger partial charge in [-0.25, -0.2) is 0 Å². The molecule has 1 N–H and O–H groups in total. The predicted molar refractivity (Wildman–Crippen MR) is 57.0 cm³/mol. The molecule has 1 rings (SSSR count). The molecule has 1 aliphatic heterocycles. The van der Waals surface area contributed by atoms with Crippen molar-refractivity contribution in [1.29, 1.82) is 0 Å². The number of hydrogen-bond acceptors (Lipinski definition) is 3. The van der Waals surface area contributed by atoms with Crippen LogP contribution < -0.4 is 5.32 Å². The van der Waals surface area contributed by atoms with Gasteiger partial charge in [0, 0.05) is 25.7 Å². The Bertz CT molecular complexity index is 186. The molecule has 4 heteroatoms. The van der Waals surface area contributed by atoms with Crippen LogP contribution in [0.15, 0.2) is 0 Å². The molecule has 0 spiro atoms. The molecular formula is C9H18N2OS. The Kier molecular flexibility index (Phi) is 4.06. The van der Waals surface area contributed by atoms with E-state index in [1.807, 2.05) is 18.1 Å². The van der Waals surface area contributed by atoms with E-state index < -0.39 is 0 Å². The van der Waals surface area contributed by atoms with Crippen LogP contribution in [-0.4, -0.2) is 48.0 Å². The Morgan fingerprint density at radius 3 is 2.92 bits per heavy atom. The van der Waals surface area contributed by atoms with Gasteiger partial charge >= 0.3 is 0 Å². The van der Waals surface area contributed by atoms with Gasteiger partial charge in [0.05, 0.1) is 5.25 Å². The van der Waals surface area contributed by atoms with Crippen LogP contribution in [-0.2, 0) is 4.79 Å². The lowest BCUT2D eigenvalue weighted by atomic mass is 10.2. The molecule has 1 aliphatic rings. The molecular weight excluding hydrogens is 184 g/mol. The Morgan fingerprint density at radius 2 is 2.38 bits per heavy atom. The van der Waals surface area contributed by atoms with Crippen molar-refractivity contribution in [3.63, 3.8) is 0 Å². The van der Waals surface area contributed by atoms with E-state index in [0.29, 0.717) is 6.04 Å². The molecule has 0 aromatic carbocycles. The van der Waals surface area contributed by atoms with Gasteiger partial charge in [-0.3, -0.25) is 4.79 Å². The molecule has 13 heavy (non-hydrogen) atoms. The van der Waals surface area contributed by atoms with Crippen LogP contribution in [0.1, 0.15) is 13.8 Å². The van der Waals surface area contributed by atoms with Crippen LogP contribution >= 0.6 is 11.8 Å². The van der Waals surface area contributed by atoms with Crippen LogP contribution in [0, 0.1) is 0 Å². The van der Waals surface area contributed by atoms with E-state index in [0.717, 1.165) is 19.6 Å². The van der Waals surface area contributed by atoms with Gasteiger partial charge < -0.3 is 10.2 Å². The summed E-state index contributed by atoms with van der Waals surface area (Å²) >= 11 is 1.62. The molecule has 0 aromatic heterocycles. The molecule has 1 amide bonds. The highest BCUT2D eigenvalue weighted by molar-refractivity contribution is 7.99. The summed E-state index contributed by atoms with van der Waals surface area (Å²) in [6.45, 7) is 6.72. The van der Waals surface area contributed by atoms with Crippen LogP contribution in [0.2, 0.25) is 0 Å². The van der Waals surface area contributed by atoms with Crippen molar-refractivity contribution in [2.24, 2.45) is 0 Å². The van der Waals surface area contributed by atoms with Crippen LogP contribution in [0.4, 0.5) is 0 Å². The molecule has 3 nitrogen and oxygen atoms in total. The Hall–Kier alpha value is -0.220. The summed E-state index contributed by atoms with van der Waals surface area (Å²) in [7, 11) is 0. The monoisotopic (exact) mass is 202 g/mol. The first-order valence-electron chi connectivity index (χ1n) is 4.70. The average molecular weight is 202 g/mol. The molecule has 0 aliphatic carbocycles. The fraction of sp³-hybridized carbons (Fsp3) is 0.889. The molecule has 1 saturated heterocycles. The predicted octanol–water partition coefficient (Wildman–Crippen LogP) is 0.558. The van der Waals surface area contributed by atoms with E-state index in [4.69, 9.17) is 0 Å². The molecule has 0 bridgehead atoms. The van der Waals surface area contributed by atoms with Crippen molar-refractivity contribution < 1.29 is 4.79 Å². The smallest absolute Gasteiger partial charge is 0.235 e. The second-order valence-corrected chi connectivity index (χ2v) is 4.70. The SMILES string of the molecule is CSC(C)C(=O)N1CCNC(C)C1. The van der Waals surface area contributed by atoms with E-state index in [2.05, 4.69) is 12.2 Å². The zero-order valence-corrected chi connectivity index (χ0v) is 9.36. The minimum Gasteiger partial charge on any atom is -0.339 e. The summed E-state index contributed by atoms with van der Waals surface area (Å²) < 4.78 is 0. The van der Waals surface area contributed by atoms with Crippen molar-refractivity contribution in [3.05, 3.63) is 0 Å². The van der Waals surface area contributed by atoms with Gasteiger partial charge in [0.2, 0.25) is 5.91 Å². The van der Waals surface area contributed by atoms with Gasteiger partial charge in [-0.15, -0.1) is 0 Å². The highest BCUT2D eigenvalue weighted by Crippen LogP contribution is 2.10. The highest BCUT2D eigenvalue weighted by Gasteiger charge is 2.23. The zero-order chi connectivity index (χ0) is 9.84. The van der Waals surface area contributed by atoms with Crippen molar-refractivity contribution in [1.82, 2.24) is 10.2 Å². The second kappa shape index (κ2) is 4.86. The number of carbonyl (C=O) groups is 1. The number of carbonyl (C=O) groups excluding carboxylic acids is 1. The minimum absolute atomic E-state index is 0.102. The van der Waals surface area contributed by atoms with E-state index in [1.165, 1.54) is 0 Å². The number of hydrogen-bond donors (Lipinski definition) is 1. The molecule has 0 aromatic rings. The summed E-state index contributed by atoms with van der Waals surface area (Å²) in [5, 5.41) is 3.43. The number of piperazine rings is 1. The summed E-state index contributed by atoms with van der Waals surface area (Å²) in [6, 6.07) is 0.437. The van der Waals surface area contributed by atoms with Crippen LogP contribution in [0.5, 0.6) is 0 Å². The molecule has 0 radical (unpaired) electrons. The maximum absolute atomic E-state index is 11.8. The number of rotatable bonds is 2. The van der Waals surface area contributed by atoms with Crippen LogP contribution in [0.25, 0.3) is 0 Å². The van der Waals surface area contributed by atoms with Gasteiger partial charge in [-0.05, 0) is 20.1 Å². The molecule has 76 valence electrons. The normalized spacial score (nSPS) is 25.8. The summed E-state index contributed by atoms with van der Waals surface area (Å²) in [4.78, 5) is 13.7. The standard InChI is InChI=1S/C9H18N2OS/c1-7-6-11(5-4-10-7)9(12)8(2)13-3/h7-8,10H,4-6H2,1-3H3. The summed E-state index contributed by atoms with van der Waals surface area (Å²) in [5.41, 5.74) is 0. The number of amides is 1. The third kappa shape index (κ3) is 2.88. The Labute approximate surface area is 84.2 Å². The number of nitrogens with one attached hydrogen (secondary N) is 1. The van der Waals surface area contributed by atoms with Crippen molar-refractivity contribution in [3.8, 4) is 0 Å². The van der Waals surface area contributed by atoms with Gasteiger partial charge in [-0.2, -0.15) is 11.8 Å². The van der Waals surface area contributed by atoms with E-state index in [-0.39, 0.29) is 11.2 Å². The highest BCUT2D eigenvalue weighted by atomic mass is 32.2. The third-order valence-corrected chi connectivity index (χ3v) is 3.29. The number of nitrogens with zero attached hydrogens (tertiary/aromatic N) is 1. The van der Waals surface area contributed by atoms with Crippen molar-refractivity contribution >= 4 is 17.7 Å². The molecule has 1 heterocycles. The van der Waals surface area contributed by atoms with E-state index >= 15 is 0 Å². The first-order valence-corrected chi connectivity index (χ1v) is 5.99. The first kappa shape index (κ1) is 10.9. The second-order valence-electron chi connectivity index (χ2n) is 3.52. The molecule has 1 fully saturated rings.